The molecule has 3 aliphatic rings. The fourth-order valence-corrected chi connectivity index (χ4v) is 5.23. The molecule has 1 saturated heterocycles. The van der Waals surface area contributed by atoms with Crippen LogP contribution in [0, 0.1) is 13.8 Å². The molecule has 38 heavy (non-hydrogen) atoms. The number of likely N-dealkylation sites (N-methyl/N-ethyl adjacent to an activating group) is 1. The molecular formula is C28H30N4O6. The molecule has 2 aliphatic heterocycles. The maximum Gasteiger partial charge on any atom is 0.354 e. The standard InChI is InChI=1S/C28H30N4O6/c1-17-8-9-18(2)21(14-17)29-23(33)15-30(3)25(35)16-38-27(37)28-13-12-24(34)32(28)22-7-5-4-6-20(22)26(36)31(28)19-10-11-19/h4-9,14,19H,10-13,15-16H2,1-3H3,(H,29,33). The number of fused-ring (bicyclic) bond motifs is 3. The summed E-state index contributed by atoms with van der Waals surface area (Å²) in [5.74, 6) is -2.39. The number of amides is 4. The van der Waals surface area contributed by atoms with Crippen molar-refractivity contribution >= 4 is 41.0 Å². The van der Waals surface area contributed by atoms with E-state index in [9.17, 15) is 24.0 Å². The summed E-state index contributed by atoms with van der Waals surface area (Å²) in [6.45, 7) is 2.93. The number of anilines is 2. The fourth-order valence-electron chi connectivity index (χ4n) is 5.23. The number of hydrogen-bond donors (Lipinski definition) is 1. The Morgan fingerprint density at radius 2 is 1.84 bits per heavy atom. The van der Waals surface area contributed by atoms with Gasteiger partial charge >= 0.3 is 5.97 Å². The Labute approximate surface area is 220 Å². The SMILES string of the molecule is Cc1ccc(C)c(NC(=O)CN(C)C(=O)COC(=O)C23CCC(=O)N2c2ccccc2C(=O)N3C2CC2)c1. The molecule has 0 radical (unpaired) electrons. The summed E-state index contributed by atoms with van der Waals surface area (Å²) in [6, 6.07) is 12.2. The molecule has 0 aromatic heterocycles. The molecule has 1 aliphatic carbocycles. The van der Waals surface area contributed by atoms with E-state index in [-0.39, 0.29) is 43.1 Å². The van der Waals surface area contributed by atoms with Crippen LogP contribution in [0.4, 0.5) is 11.4 Å². The van der Waals surface area contributed by atoms with E-state index in [1.54, 1.807) is 24.3 Å². The lowest BCUT2D eigenvalue weighted by Gasteiger charge is -2.48. The van der Waals surface area contributed by atoms with Gasteiger partial charge in [0.15, 0.2) is 6.61 Å². The zero-order chi connectivity index (χ0) is 27.2. The normalized spacial score (nSPS) is 20.1. The summed E-state index contributed by atoms with van der Waals surface area (Å²) in [4.78, 5) is 69.5. The maximum absolute atomic E-state index is 13.6. The highest BCUT2D eigenvalue weighted by Gasteiger charge is 2.64. The highest BCUT2D eigenvalue weighted by molar-refractivity contribution is 6.15. The van der Waals surface area contributed by atoms with Crippen molar-refractivity contribution in [2.45, 2.75) is 51.2 Å². The first-order valence-electron chi connectivity index (χ1n) is 12.7. The number of carbonyl (C=O) groups is 5. The van der Waals surface area contributed by atoms with Crippen molar-refractivity contribution in [3.8, 4) is 0 Å². The predicted octanol–water partition coefficient (Wildman–Crippen LogP) is 2.39. The highest BCUT2D eigenvalue weighted by atomic mass is 16.5. The van der Waals surface area contributed by atoms with Gasteiger partial charge in [-0.3, -0.25) is 24.1 Å². The molecule has 0 spiro atoms. The summed E-state index contributed by atoms with van der Waals surface area (Å²) in [5, 5.41) is 2.80. The molecule has 1 atom stereocenters. The molecule has 4 amide bonds. The molecule has 1 saturated carbocycles. The number of carbonyl (C=O) groups excluding carboxylic acids is 5. The van der Waals surface area contributed by atoms with E-state index in [0.717, 1.165) is 24.0 Å². The first-order chi connectivity index (χ1) is 18.1. The van der Waals surface area contributed by atoms with E-state index in [0.29, 0.717) is 16.9 Å². The number of esters is 1. The summed E-state index contributed by atoms with van der Waals surface area (Å²) < 4.78 is 5.47. The number of para-hydroxylation sites is 1. The van der Waals surface area contributed by atoms with Crippen LogP contribution in [0.3, 0.4) is 0 Å². The van der Waals surface area contributed by atoms with Gasteiger partial charge in [0.05, 0.1) is 17.8 Å². The van der Waals surface area contributed by atoms with Gasteiger partial charge in [0.25, 0.3) is 11.8 Å². The Bertz CT molecular complexity index is 1350. The van der Waals surface area contributed by atoms with Gasteiger partial charge in [-0.2, -0.15) is 0 Å². The van der Waals surface area contributed by atoms with Crippen molar-refractivity contribution in [3.05, 3.63) is 59.2 Å². The van der Waals surface area contributed by atoms with Gasteiger partial charge in [0.2, 0.25) is 17.5 Å². The monoisotopic (exact) mass is 518 g/mol. The lowest BCUT2D eigenvalue weighted by molar-refractivity contribution is -0.162. The minimum absolute atomic E-state index is 0.0757. The van der Waals surface area contributed by atoms with Crippen molar-refractivity contribution in [3.63, 3.8) is 0 Å². The third-order valence-corrected chi connectivity index (χ3v) is 7.34. The second kappa shape index (κ2) is 9.59. The van der Waals surface area contributed by atoms with Crippen molar-refractivity contribution in [2.75, 3.05) is 30.4 Å². The summed E-state index contributed by atoms with van der Waals surface area (Å²) in [7, 11) is 1.44. The second-order valence-electron chi connectivity index (χ2n) is 10.2. The first kappa shape index (κ1) is 25.4. The third kappa shape index (κ3) is 4.29. The van der Waals surface area contributed by atoms with Gasteiger partial charge in [0, 0.05) is 31.6 Å². The second-order valence-corrected chi connectivity index (χ2v) is 10.2. The van der Waals surface area contributed by atoms with Gasteiger partial charge < -0.3 is 19.9 Å². The number of ether oxygens (including phenoxy) is 1. The van der Waals surface area contributed by atoms with Crippen LogP contribution >= 0.6 is 0 Å². The number of nitrogens with zero attached hydrogens (tertiary/aromatic N) is 3. The molecule has 5 rings (SSSR count). The topological polar surface area (TPSA) is 116 Å². The number of hydrogen-bond acceptors (Lipinski definition) is 6. The Kier molecular flexibility index (Phi) is 6.42. The largest absolute Gasteiger partial charge is 0.452 e. The zero-order valence-electron chi connectivity index (χ0n) is 21.7. The Hall–Kier alpha value is -4.21. The molecule has 2 fully saturated rings. The molecule has 10 nitrogen and oxygen atoms in total. The third-order valence-electron chi connectivity index (χ3n) is 7.34. The quantitative estimate of drug-likeness (QED) is 0.563. The number of benzene rings is 2. The fraction of sp³-hybridized carbons (Fsp3) is 0.393. The van der Waals surface area contributed by atoms with Gasteiger partial charge in [-0.1, -0.05) is 24.3 Å². The van der Waals surface area contributed by atoms with Gasteiger partial charge in [-0.25, -0.2) is 4.79 Å². The van der Waals surface area contributed by atoms with Crippen LogP contribution in [0.1, 0.15) is 47.2 Å². The van der Waals surface area contributed by atoms with E-state index >= 15 is 0 Å². The Morgan fingerprint density at radius 1 is 1.11 bits per heavy atom. The Balaban J connectivity index is 1.29. The number of aryl methyl sites for hydroxylation is 2. The van der Waals surface area contributed by atoms with E-state index in [4.69, 9.17) is 4.74 Å². The molecule has 1 N–H and O–H groups in total. The van der Waals surface area contributed by atoms with E-state index in [1.807, 2.05) is 32.0 Å². The number of rotatable bonds is 7. The first-order valence-corrected chi connectivity index (χ1v) is 12.7. The smallest absolute Gasteiger partial charge is 0.354 e. The van der Waals surface area contributed by atoms with E-state index in [1.165, 1.54) is 21.7 Å². The Morgan fingerprint density at radius 3 is 2.58 bits per heavy atom. The van der Waals surface area contributed by atoms with Crippen LogP contribution in [0.2, 0.25) is 0 Å². The molecule has 2 heterocycles. The van der Waals surface area contributed by atoms with E-state index in [2.05, 4.69) is 5.32 Å². The van der Waals surface area contributed by atoms with Crippen LogP contribution in [-0.2, 0) is 23.9 Å². The van der Waals surface area contributed by atoms with Crippen LogP contribution in [0.15, 0.2) is 42.5 Å². The van der Waals surface area contributed by atoms with Crippen LogP contribution in [-0.4, -0.2) is 71.3 Å². The lowest BCUT2D eigenvalue weighted by atomic mass is 9.96. The predicted molar refractivity (Wildman–Crippen MR) is 138 cm³/mol. The van der Waals surface area contributed by atoms with Gasteiger partial charge in [0.1, 0.15) is 0 Å². The minimum Gasteiger partial charge on any atom is -0.452 e. The van der Waals surface area contributed by atoms with Gasteiger partial charge in [-0.15, -0.1) is 0 Å². The van der Waals surface area contributed by atoms with Crippen molar-refractivity contribution in [2.24, 2.45) is 0 Å². The van der Waals surface area contributed by atoms with Crippen LogP contribution < -0.4 is 10.2 Å². The molecule has 1 unspecified atom stereocenters. The molecular weight excluding hydrogens is 488 g/mol. The zero-order valence-corrected chi connectivity index (χ0v) is 21.7. The average Bonchev–Trinajstić information content (AvgIpc) is 3.66. The lowest BCUT2D eigenvalue weighted by Crippen LogP contribution is -2.69. The van der Waals surface area contributed by atoms with Crippen molar-refractivity contribution < 1.29 is 28.7 Å². The van der Waals surface area contributed by atoms with Crippen LogP contribution in [0.25, 0.3) is 0 Å². The van der Waals surface area contributed by atoms with Crippen molar-refractivity contribution in [1.29, 1.82) is 0 Å². The highest BCUT2D eigenvalue weighted by Crippen LogP contribution is 2.49. The molecule has 10 heteroatoms. The molecule has 2 aromatic rings. The molecule has 2 aromatic carbocycles. The molecule has 198 valence electrons. The minimum atomic E-state index is -1.62. The van der Waals surface area contributed by atoms with Crippen molar-refractivity contribution in [1.82, 2.24) is 9.80 Å². The summed E-state index contributed by atoms with van der Waals surface area (Å²) in [5.41, 5.74) is 1.66. The summed E-state index contributed by atoms with van der Waals surface area (Å²) in [6.07, 6.45) is 1.61. The van der Waals surface area contributed by atoms with E-state index < -0.39 is 24.1 Å². The average molecular weight is 519 g/mol. The van der Waals surface area contributed by atoms with Crippen LogP contribution in [0.5, 0.6) is 0 Å². The number of nitrogens with one attached hydrogen (secondary N) is 1. The maximum atomic E-state index is 13.6. The molecule has 0 bridgehead atoms. The summed E-state index contributed by atoms with van der Waals surface area (Å²) >= 11 is 0. The van der Waals surface area contributed by atoms with Gasteiger partial charge in [-0.05, 0) is 56.0 Å².